The molecular formula is C28H28N2O5. The number of ether oxygens (including phenoxy) is 1. The Hall–Kier alpha value is -4.13. The maximum Gasteiger partial charge on any atom is 0.407 e. The van der Waals surface area contributed by atoms with Crippen molar-refractivity contribution in [2.24, 2.45) is 5.92 Å². The van der Waals surface area contributed by atoms with E-state index in [1.54, 1.807) is 13.0 Å². The van der Waals surface area contributed by atoms with Crippen molar-refractivity contribution in [2.75, 3.05) is 11.9 Å². The Morgan fingerprint density at radius 3 is 2.11 bits per heavy atom. The second-order valence-electron chi connectivity index (χ2n) is 9.02. The Kier molecular flexibility index (Phi) is 6.87. The summed E-state index contributed by atoms with van der Waals surface area (Å²) in [7, 11) is 0. The molecule has 180 valence electrons. The molecular weight excluding hydrogens is 444 g/mol. The van der Waals surface area contributed by atoms with E-state index in [-0.39, 0.29) is 24.0 Å². The lowest BCUT2D eigenvalue weighted by Gasteiger charge is -2.23. The summed E-state index contributed by atoms with van der Waals surface area (Å²) in [5.41, 5.74) is 5.64. The van der Waals surface area contributed by atoms with Gasteiger partial charge in [0.1, 0.15) is 12.6 Å². The van der Waals surface area contributed by atoms with Crippen molar-refractivity contribution in [3.63, 3.8) is 0 Å². The lowest BCUT2D eigenvalue weighted by atomic mass is 9.98. The number of hydrogen-bond acceptors (Lipinski definition) is 4. The van der Waals surface area contributed by atoms with Gasteiger partial charge in [0.15, 0.2) is 0 Å². The molecule has 3 aromatic rings. The van der Waals surface area contributed by atoms with E-state index in [1.807, 2.05) is 50.2 Å². The van der Waals surface area contributed by atoms with Crippen molar-refractivity contribution >= 4 is 23.7 Å². The number of hydrogen-bond donors (Lipinski definition) is 3. The van der Waals surface area contributed by atoms with Crippen LogP contribution < -0.4 is 10.6 Å². The van der Waals surface area contributed by atoms with Crippen LogP contribution in [0.1, 0.15) is 46.8 Å². The Morgan fingerprint density at radius 2 is 1.54 bits per heavy atom. The second kappa shape index (κ2) is 10.0. The van der Waals surface area contributed by atoms with Gasteiger partial charge in [-0.15, -0.1) is 0 Å². The van der Waals surface area contributed by atoms with Gasteiger partial charge in [0, 0.05) is 11.6 Å². The smallest absolute Gasteiger partial charge is 0.407 e. The van der Waals surface area contributed by atoms with Crippen LogP contribution in [-0.2, 0) is 9.53 Å². The molecule has 0 bridgehead atoms. The van der Waals surface area contributed by atoms with Gasteiger partial charge in [-0.2, -0.15) is 0 Å². The minimum absolute atomic E-state index is 0.0662. The van der Waals surface area contributed by atoms with Crippen LogP contribution >= 0.6 is 0 Å². The number of carboxylic acids is 1. The molecule has 1 aliphatic carbocycles. The number of alkyl carbamates (subject to hydrolysis) is 1. The number of nitrogens with one attached hydrogen (secondary N) is 2. The highest BCUT2D eigenvalue weighted by molar-refractivity contribution is 5.98. The zero-order valence-electron chi connectivity index (χ0n) is 19.9. The van der Waals surface area contributed by atoms with Gasteiger partial charge >= 0.3 is 12.1 Å². The maximum absolute atomic E-state index is 13.0. The molecule has 0 fully saturated rings. The minimum atomic E-state index is -1.09. The predicted octanol–water partition coefficient (Wildman–Crippen LogP) is 5.20. The van der Waals surface area contributed by atoms with Gasteiger partial charge < -0.3 is 20.5 Å². The van der Waals surface area contributed by atoms with Crippen molar-refractivity contribution in [1.29, 1.82) is 0 Å². The average molecular weight is 473 g/mol. The van der Waals surface area contributed by atoms with Crippen LogP contribution in [0.25, 0.3) is 11.1 Å². The van der Waals surface area contributed by atoms with Crippen LogP contribution in [0.4, 0.5) is 10.5 Å². The van der Waals surface area contributed by atoms with E-state index < -0.39 is 24.0 Å². The fraction of sp³-hybridized carbons (Fsp3) is 0.250. The van der Waals surface area contributed by atoms with Gasteiger partial charge in [0.05, 0.1) is 5.56 Å². The molecule has 0 saturated heterocycles. The molecule has 1 aliphatic rings. The molecule has 2 amide bonds. The van der Waals surface area contributed by atoms with E-state index in [1.165, 1.54) is 12.1 Å². The fourth-order valence-electron chi connectivity index (χ4n) is 4.40. The third kappa shape index (κ3) is 5.04. The molecule has 0 saturated carbocycles. The van der Waals surface area contributed by atoms with Crippen LogP contribution in [0, 0.1) is 12.8 Å². The molecule has 3 N–H and O–H groups in total. The summed E-state index contributed by atoms with van der Waals surface area (Å²) in [6, 6.07) is 19.8. The van der Waals surface area contributed by atoms with Crippen LogP contribution in [0.2, 0.25) is 0 Å². The molecule has 7 nitrogen and oxygen atoms in total. The summed E-state index contributed by atoms with van der Waals surface area (Å²) >= 11 is 0. The SMILES string of the molecule is Cc1ccc(C(=O)O)cc1NC(=O)[C@@H](NC(=O)OCC1c2ccccc2-c2ccccc21)C(C)C. The molecule has 7 heteroatoms. The summed E-state index contributed by atoms with van der Waals surface area (Å²) in [5, 5.41) is 14.7. The molecule has 4 rings (SSSR count). The lowest BCUT2D eigenvalue weighted by Crippen LogP contribution is -2.47. The first-order valence-electron chi connectivity index (χ1n) is 11.5. The Labute approximate surface area is 204 Å². The quantitative estimate of drug-likeness (QED) is 0.439. The molecule has 0 aromatic heterocycles. The number of carboxylic acid groups (broad SMARTS) is 1. The summed E-state index contributed by atoms with van der Waals surface area (Å²) in [5.74, 6) is -1.84. The molecule has 0 spiro atoms. The predicted molar refractivity (Wildman–Crippen MR) is 134 cm³/mol. The van der Waals surface area contributed by atoms with E-state index in [0.717, 1.165) is 22.3 Å². The van der Waals surface area contributed by atoms with E-state index in [9.17, 15) is 19.5 Å². The number of rotatable bonds is 7. The summed E-state index contributed by atoms with van der Waals surface area (Å²) in [6.45, 7) is 5.54. The zero-order valence-corrected chi connectivity index (χ0v) is 19.9. The highest BCUT2D eigenvalue weighted by Crippen LogP contribution is 2.44. The first-order chi connectivity index (χ1) is 16.8. The Bertz CT molecular complexity index is 1240. The molecule has 0 radical (unpaired) electrons. The molecule has 0 aliphatic heterocycles. The number of benzene rings is 3. The van der Waals surface area contributed by atoms with E-state index >= 15 is 0 Å². The normalized spacial score (nSPS) is 13.0. The highest BCUT2D eigenvalue weighted by atomic mass is 16.5. The van der Waals surface area contributed by atoms with Gasteiger partial charge in [0.2, 0.25) is 5.91 Å². The van der Waals surface area contributed by atoms with Crippen molar-refractivity contribution in [2.45, 2.75) is 32.7 Å². The Morgan fingerprint density at radius 1 is 0.943 bits per heavy atom. The number of fused-ring (bicyclic) bond motifs is 3. The lowest BCUT2D eigenvalue weighted by molar-refractivity contribution is -0.119. The number of carbonyl (C=O) groups excluding carboxylic acids is 2. The summed E-state index contributed by atoms with van der Waals surface area (Å²) < 4.78 is 5.59. The van der Waals surface area contributed by atoms with Crippen molar-refractivity contribution in [3.8, 4) is 11.1 Å². The fourth-order valence-corrected chi connectivity index (χ4v) is 4.40. The summed E-state index contributed by atoms with van der Waals surface area (Å²) in [6.07, 6.45) is -0.684. The van der Waals surface area contributed by atoms with Crippen molar-refractivity contribution in [3.05, 3.63) is 89.0 Å². The van der Waals surface area contributed by atoms with Gasteiger partial charge in [-0.05, 0) is 52.8 Å². The largest absolute Gasteiger partial charge is 0.478 e. The van der Waals surface area contributed by atoms with Crippen molar-refractivity contribution in [1.82, 2.24) is 5.32 Å². The van der Waals surface area contributed by atoms with Gasteiger partial charge in [-0.1, -0.05) is 68.4 Å². The van der Waals surface area contributed by atoms with Crippen LogP contribution in [0.15, 0.2) is 66.7 Å². The number of amides is 2. The number of anilines is 1. The summed E-state index contributed by atoms with van der Waals surface area (Å²) in [4.78, 5) is 37.0. The number of aromatic carboxylic acids is 1. The van der Waals surface area contributed by atoms with Gasteiger partial charge in [0.25, 0.3) is 0 Å². The molecule has 3 aromatic carbocycles. The minimum Gasteiger partial charge on any atom is -0.478 e. The topological polar surface area (TPSA) is 105 Å². The molecule has 0 unspecified atom stereocenters. The van der Waals surface area contributed by atoms with Crippen molar-refractivity contribution < 1.29 is 24.2 Å². The van der Waals surface area contributed by atoms with Crippen LogP contribution in [0.5, 0.6) is 0 Å². The Balaban J connectivity index is 1.43. The maximum atomic E-state index is 13.0. The number of aryl methyl sites for hydroxylation is 1. The van der Waals surface area contributed by atoms with Gasteiger partial charge in [-0.25, -0.2) is 9.59 Å². The highest BCUT2D eigenvalue weighted by Gasteiger charge is 2.30. The van der Waals surface area contributed by atoms with E-state index in [0.29, 0.717) is 11.3 Å². The number of carbonyl (C=O) groups is 3. The third-order valence-electron chi connectivity index (χ3n) is 6.31. The standard InChI is InChI=1S/C28H28N2O5/c1-16(2)25(26(31)29-24-14-18(27(32)33)13-12-17(24)3)30-28(34)35-15-23-21-10-6-4-8-19(21)20-9-5-7-11-22(20)23/h4-14,16,23,25H,15H2,1-3H3,(H,29,31)(H,30,34)(H,32,33)/t25-/m0/s1. The van der Waals surface area contributed by atoms with Gasteiger partial charge in [-0.3, -0.25) is 4.79 Å². The van der Waals surface area contributed by atoms with E-state index in [2.05, 4.69) is 22.8 Å². The average Bonchev–Trinajstić information content (AvgIpc) is 3.16. The first kappa shape index (κ1) is 24.0. The zero-order chi connectivity index (χ0) is 25.1. The van der Waals surface area contributed by atoms with Crippen LogP contribution in [-0.4, -0.2) is 35.7 Å². The molecule has 0 heterocycles. The third-order valence-corrected chi connectivity index (χ3v) is 6.31. The second-order valence-corrected chi connectivity index (χ2v) is 9.02. The van der Waals surface area contributed by atoms with E-state index in [4.69, 9.17) is 4.74 Å². The van der Waals surface area contributed by atoms with Crippen LogP contribution in [0.3, 0.4) is 0 Å². The monoisotopic (exact) mass is 472 g/mol. The molecule has 1 atom stereocenters. The first-order valence-corrected chi connectivity index (χ1v) is 11.5. The molecule has 35 heavy (non-hydrogen) atoms.